The average molecular weight is 206 g/mol. The number of nitrogens with one attached hydrogen (secondary N) is 1. The highest BCUT2D eigenvalue weighted by atomic mass is 16.5. The Labute approximate surface area is 91.0 Å². The van der Waals surface area contributed by atoms with Crippen LogP contribution in [0.15, 0.2) is 24.3 Å². The summed E-state index contributed by atoms with van der Waals surface area (Å²) in [6, 6.07) is 8.60. The SMILES string of the molecule is Cc1cccc(CNN2CCOCC2)c1. The lowest BCUT2D eigenvalue weighted by Gasteiger charge is -2.27. The molecular formula is C12H18N2O. The van der Waals surface area contributed by atoms with E-state index in [-0.39, 0.29) is 0 Å². The summed E-state index contributed by atoms with van der Waals surface area (Å²) in [7, 11) is 0. The predicted molar refractivity (Wildman–Crippen MR) is 60.4 cm³/mol. The summed E-state index contributed by atoms with van der Waals surface area (Å²) in [6.45, 7) is 6.65. The maximum atomic E-state index is 5.29. The summed E-state index contributed by atoms with van der Waals surface area (Å²) in [6.07, 6.45) is 0. The molecule has 15 heavy (non-hydrogen) atoms. The van der Waals surface area contributed by atoms with Gasteiger partial charge in [0.15, 0.2) is 0 Å². The number of hydrogen-bond donors (Lipinski definition) is 1. The van der Waals surface area contributed by atoms with Crippen molar-refractivity contribution in [2.75, 3.05) is 26.3 Å². The van der Waals surface area contributed by atoms with Crippen molar-refractivity contribution in [3.05, 3.63) is 35.4 Å². The van der Waals surface area contributed by atoms with Crippen LogP contribution < -0.4 is 5.43 Å². The Morgan fingerprint density at radius 1 is 1.33 bits per heavy atom. The van der Waals surface area contributed by atoms with Gasteiger partial charge in [-0.25, -0.2) is 5.01 Å². The van der Waals surface area contributed by atoms with Gasteiger partial charge in [0, 0.05) is 19.6 Å². The molecule has 3 heteroatoms. The third kappa shape index (κ3) is 3.30. The molecule has 0 atom stereocenters. The minimum atomic E-state index is 0.834. The molecular weight excluding hydrogens is 188 g/mol. The molecule has 1 saturated heterocycles. The smallest absolute Gasteiger partial charge is 0.0608 e. The number of hydrazine groups is 1. The summed E-state index contributed by atoms with van der Waals surface area (Å²) in [5.74, 6) is 0. The summed E-state index contributed by atoms with van der Waals surface area (Å²) in [4.78, 5) is 0. The molecule has 2 rings (SSSR count). The maximum Gasteiger partial charge on any atom is 0.0608 e. The minimum absolute atomic E-state index is 0.834. The number of aryl methyl sites for hydroxylation is 1. The van der Waals surface area contributed by atoms with Crippen molar-refractivity contribution >= 4 is 0 Å². The zero-order valence-corrected chi connectivity index (χ0v) is 9.20. The Morgan fingerprint density at radius 2 is 2.13 bits per heavy atom. The molecule has 1 heterocycles. The van der Waals surface area contributed by atoms with Crippen molar-refractivity contribution < 1.29 is 4.74 Å². The normalized spacial score (nSPS) is 17.9. The molecule has 1 aromatic rings. The fourth-order valence-corrected chi connectivity index (χ4v) is 1.75. The molecule has 1 aliphatic rings. The van der Waals surface area contributed by atoms with Gasteiger partial charge in [0.25, 0.3) is 0 Å². The first kappa shape index (κ1) is 10.6. The van der Waals surface area contributed by atoms with E-state index in [0.29, 0.717) is 0 Å². The van der Waals surface area contributed by atoms with Gasteiger partial charge in [-0.1, -0.05) is 29.8 Å². The van der Waals surface area contributed by atoms with Crippen molar-refractivity contribution in [3.63, 3.8) is 0 Å². The second-order valence-electron chi connectivity index (χ2n) is 3.92. The average Bonchev–Trinajstić information content (AvgIpc) is 2.28. The van der Waals surface area contributed by atoms with Crippen LogP contribution in [0.3, 0.4) is 0 Å². The van der Waals surface area contributed by atoms with Crippen molar-refractivity contribution in [2.24, 2.45) is 0 Å². The summed E-state index contributed by atoms with van der Waals surface area (Å²) in [5, 5.41) is 2.23. The molecule has 0 aliphatic carbocycles. The fourth-order valence-electron chi connectivity index (χ4n) is 1.75. The third-order valence-corrected chi connectivity index (χ3v) is 2.60. The summed E-state index contributed by atoms with van der Waals surface area (Å²) < 4.78 is 5.29. The molecule has 0 spiro atoms. The summed E-state index contributed by atoms with van der Waals surface area (Å²) in [5.41, 5.74) is 6.07. The van der Waals surface area contributed by atoms with Crippen LogP contribution in [0, 0.1) is 6.92 Å². The van der Waals surface area contributed by atoms with Crippen LogP contribution in [-0.2, 0) is 11.3 Å². The first-order chi connectivity index (χ1) is 7.34. The zero-order valence-electron chi connectivity index (χ0n) is 9.20. The van der Waals surface area contributed by atoms with E-state index in [0.717, 1.165) is 32.8 Å². The van der Waals surface area contributed by atoms with Crippen LogP contribution in [0.25, 0.3) is 0 Å². The first-order valence-electron chi connectivity index (χ1n) is 5.46. The van der Waals surface area contributed by atoms with Gasteiger partial charge in [0.2, 0.25) is 0 Å². The number of benzene rings is 1. The van der Waals surface area contributed by atoms with Crippen LogP contribution >= 0.6 is 0 Å². The Hall–Kier alpha value is -0.900. The number of rotatable bonds is 3. The fraction of sp³-hybridized carbons (Fsp3) is 0.500. The van der Waals surface area contributed by atoms with Gasteiger partial charge in [0.1, 0.15) is 0 Å². The van der Waals surface area contributed by atoms with E-state index in [9.17, 15) is 0 Å². The molecule has 1 aromatic carbocycles. The quantitative estimate of drug-likeness (QED) is 0.807. The minimum Gasteiger partial charge on any atom is -0.379 e. The number of nitrogens with zero attached hydrogens (tertiary/aromatic N) is 1. The molecule has 0 saturated carbocycles. The molecule has 3 nitrogen and oxygen atoms in total. The zero-order chi connectivity index (χ0) is 10.5. The molecule has 0 bridgehead atoms. The van der Waals surface area contributed by atoms with Crippen LogP contribution in [0.2, 0.25) is 0 Å². The highest BCUT2D eigenvalue weighted by Crippen LogP contribution is 2.04. The lowest BCUT2D eigenvalue weighted by Crippen LogP contribution is -2.45. The van der Waals surface area contributed by atoms with E-state index in [1.807, 2.05) is 0 Å². The highest BCUT2D eigenvalue weighted by Gasteiger charge is 2.08. The van der Waals surface area contributed by atoms with Gasteiger partial charge < -0.3 is 4.74 Å². The lowest BCUT2D eigenvalue weighted by atomic mass is 10.1. The van der Waals surface area contributed by atoms with E-state index < -0.39 is 0 Å². The second-order valence-corrected chi connectivity index (χ2v) is 3.92. The van der Waals surface area contributed by atoms with Crippen LogP contribution in [0.1, 0.15) is 11.1 Å². The number of hydrogen-bond acceptors (Lipinski definition) is 3. The predicted octanol–water partition coefficient (Wildman–Crippen LogP) is 1.33. The Kier molecular flexibility index (Phi) is 3.72. The van der Waals surface area contributed by atoms with Gasteiger partial charge in [-0.05, 0) is 12.5 Å². The molecule has 0 amide bonds. The van der Waals surface area contributed by atoms with Gasteiger partial charge in [-0.15, -0.1) is 0 Å². The standard InChI is InChI=1S/C12H18N2O/c1-11-3-2-4-12(9-11)10-13-14-5-7-15-8-6-14/h2-4,9,13H,5-8,10H2,1H3. The molecule has 0 aromatic heterocycles. The molecule has 82 valence electrons. The van der Waals surface area contributed by atoms with E-state index in [1.54, 1.807) is 0 Å². The van der Waals surface area contributed by atoms with E-state index in [1.165, 1.54) is 11.1 Å². The van der Waals surface area contributed by atoms with E-state index >= 15 is 0 Å². The van der Waals surface area contributed by atoms with Crippen LogP contribution in [0.5, 0.6) is 0 Å². The van der Waals surface area contributed by atoms with E-state index in [2.05, 4.69) is 41.6 Å². The molecule has 0 radical (unpaired) electrons. The van der Waals surface area contributed by atoms with E-state index in [4.69, 9.17) is 4.74 Å². The maximum absolute atomic E-state index is 5.29. The Morgan fingerprint density at radius 3 is 2.87 bits per heavy atom. The van der Waals surface area contributed by atoms with Crippen molar-refractivity contribution in [1.82, 2.24) is 10.4 Å². The highest BCUT2D eigenvalue weighted by molar-refractivity contribution is 5.21. The number of morpholine rings is 1. The van der Waals surface area contributed by atoms with Crippen molar-refractivity contribution in [1.29, 1.82) is 0 Å². The van der Waals surface area contributed by atoms with Crippen LogP contribution in [-0.4, -0.2) is 31.3 Å². The second kappa shape index (κ2) is 5.26. The number of ether oxygens (including phenoxy) is 1. The van der Waals surface area contributed by atoms with Gasteiger partial charge in [-0.3, -0.25) is 5.43 Å². The molecule has 0 unspecified atom stereocenters. The lowest BCUT2D eigenvalue weighted by molar-refractivity contribution is 0.0106. The topological polar surface area (TPSA) is 24.5 Å². The Bertz CT molecular complexity index is 308. The molecule has 1 aliphatic heterocycles. The third-order valence-electron chi connectivity index (χ3n) is 2.60. The monoisotopic (exact) mass is 206 g/mol. The Balaban J connectivity index is 1.81. The van der Waals surface area contributed by atoms with Crippen molar-refractivity contribution in [2.45, 2.75) is 13.5 Å². The summed E-state index contributed by atoms with van der Waals surface area (Å²) >= 11 is 0. The molecule has 1 fully saturated rings. The van der Waals surface area contributed by atoms with Gasteiger partial charge in [-0.2, -0.15) is 0 Å². The largest absolute Gasteiger partial charge is 0.379 e. The van der Waals surface area contributed by atoms with Gasteiger partial charge in [0.05, 0.1) is 13.2 Å². The first-order valence-corrected chi connectivity index (χ1v) is 5.46. The van der Waals surface area contributed by atoms with Crippen LogP contribution in [0.4, 0.5) is 0 Å². The van der Waals surface area contributed by atoms with Crippen molar-refractivity contribution in [3.8, 4) is 0 Å². The molecule has 1 N–H and O–H groups in total. The van der Waals surface area contributed by atoms with Gasteiger partial charge >= 0.3 is 0 Å².